The molecule has 3 rings (SSSR count). The molecule has 3 aromatic rings. The van der Waals surface area contributed by atoms with Gasteiger partial charge < -0.3 is 0 Å². The summed E-state index contributed by atoms with van der Waals surface area (Å²) < 4.78 is 0. The highest BCUT2D eigenvalue weighted by Gasteiger charge is 2.15. The Kier molecular flexibility index (Phi) is 7.91. The molecule has 0 nitrogen and oxygen atoms in total. The number of aryl methyl sites for hydroxylation is 2. The van der Waals surface area contributed by atoms with Crippen LogP contribution in [0.1, 0.15) is 102 Å². The van der Waals surface area contributed by atoms with Crippen molar-refractivity contribution >= 4 is 0 Å². The molecule has 3 aromatic carbocycles. The minimum Gasteiger partial charge on any atom is -0.0613 e. The van der Waals surface area contributed by atoms with Crippen LogP contribution in [-0.4, -0.2) is 0 Å². The predicted molar refractivity (Wildman–Crippen MR) is 158 cm³/mol. The Morgan fingerprint density at radius 2 is 0.639 bits per heavy atom. The van der Waals surface area contributed by atoms with Crippen LogP contribution in [0.3, 0.4) is 0 Å². The number of hydrogen-bond acceptors (Lipinski definition) is 0. The smallest absolute Gasteiger partial charge is 0.0313 e. The van der Waals surface area contributed by atoms with Crippen molar-refractivity contribution in [1.82, 2.24) is 0 Å². The number of hydrogen-bond donors (Lipinski definition) is 0. The first-order valence-corrected chi connectivity index (χ1v) is 13.1. The maximum absolute atomic E-state index is 3.59. The number of benzene rings is 3. The molecule has 0 amide bonds. The Labute approximate surface area is 220 Å². The van der Waals surface area contributed by atoms with Crippen molar-refractivity contribution in [2.24, 2.45) is 0 Å². The standard InChI is InChI=1S/C36H42/c1-14-32-24(6)26(8)34(27(9)25(32)7)17-18-36-30(12)28(10)35(29(11)31(36)13)16-15-33-22(4)20(2)19-21(3)23(33)5/h19H,14H2,1-13H3. The van der Waals surface area contributed by atoms with Crippen LogP contribution in [0.2, 0.25) is 0 Å². The summed E-state index contributed by atoms with van der Waals surface area (Å²) in [5.74, 6) is 14.3. The lowest BCUT2D eigenvalue weighted by atomic mass is 9.86. The van der Waals surface area contributed by atoms with Gasteiger partial charge in [-0.05, 0) is 162 Å². The fourth-order valence-corrected chi connectivity index (χ4v) is 5.45. The summed E-state index contributed by atoms with van der Waals surface area (Å²) in [6.45, 7) is 28.6. The largest absolute Gasteiger partial charge is 0.0613 e. The van der Waals surface area contributed by atoms with Crippen molar-refractivity contribution < 1.29 is 0 Å². The van der Waals surface area contributed by atoms with Crippen LogP contribution in [0.5, 0.6) is 0 Å². The third-order valence-corrected chi connectivity index (χ3v) is 8.75. The van der Waals surface area contributed by atoms with E-state index in [0.29, 0.717) is 0 Å². The molecule has 0 atom stereocenters. The van der Waals surface area contributed by atoms with Gasteiger partial charge in [-0.1, -0.05) is 36.7 Å². The summed E-state index contributed by atoms with van der Waals surface area (Å²) in [5.41, 5.74) is 21.6. The first-order chi connectivity index (χ1) is 16.8. The topological polar surface area (TPSA) is 0 Å². The van der Waals surface area contributed by atoms with Gasteiger partial charge in [0, 0.05) is 22.3 Å². The Bertz CT molecular complexity index is 1430. The summed E-state index contributed by atoms with van der Waals surface area (Å²) in [6, 6.07) is 2.26. The summed E-state index contributed by atoms with van der Waals surface area (Å²) >= 11 is 0. The normalized spacial score (nSPS) is 10.6. The van der Waals surface area contributed by atoms with Gasteiger partial charge in [0.1, 0.15) is 0 Å². The summed E-state index contributed by atoms with van der Waals surface area (Å²) in [6.07, 6.45) is 1.06. The van der Waals surface area contributed by atoms with Gasteiger partial charge in [-0.25, -0.2) is 0 Å². The van der Waals surface area contributed by atoms with Gasteiger partial charge >= 0.3 is 0 Å². The van der Waals surface area contributed by atoms with Crippen molar-refractivity contribution in [2.75, 3.05) is 0 Å². The van der Waals surface area contributed by atoms with Crippen LogP contribution in [0.4, 0.5) is 0 Å². The van der Waals surface area contributed by atoms with E-state index in [0.717, 1.165) is 23.1 Å². The van der Waals surface area contributed by atoms with Gasteiger partial charge in [0.15, 0.2) is 0 Å². The predicted octanol–water partition coefficient (Wildman–Crippen LogP) is 8.75. The Morgan fingerprint density at radius 1 is 0.389 bits per heavy atom. The van der Waals surface area contributed by atoms with Gasteiger partial charge in [0.25, 0.3) is 0 Å². The van der Waals surface area contributed by atoms with E-state index in [1.807, 2.05) is 0 Å². The molecule has 186 valence electrons. The quantitative estimate of drug-likeness (QED) is 0.309. The monoisotopic (exact) mass is 474 g/mol. The van der Waals surface area contributed by atoms with Crippen LogP contribution >= 0.6 is 0 Å². The second-order valence-electron chi connectivity index (χ2n) is 10.6. The van der Waals surface area contributed by atoms with Crippen molar-refractivity contribution in [3.8, 4) is 23.7 Å². The van der Waals surface area contributed by atoms with Gasteiger partial charge in [-0.2, -0.15) is 0 Å². The molecular weight excluding hydrogens is 432 g/mol. The van der Waals surface area contributed by atoms with Crippen LogP contribution < -0.4 is 0 Å². The zero-order valence-electron chi connectivity index (χ0n) is 24.8. The van der Waals surface area contributed by atoms with Gasteiger partial charge in [-0.3, -0.25) is 0 Å². The summed E-state index contributed by atoms with van der Waals surface area (Å²) in [5, 5.41) is 0. The fraction of sp³-hybridized carbons (Fsp3) is 0.389. The molecule has 0 aliphatic rings. The second kappa shape index (κ2) is 10.4. The highest BCUT2D eigenvalue weighted by molar-refractivity contribution is 5.65. The van der Waals surface area contributed by atoms with E-state index in [-0.39, 0.29) is 0 Å². The highest BCUT2D eigenvalue weighted by atomic mass is 14.2. The lowest BCUT2D eigenvalue weighted by Gasteiger charge is -2.17. The molecule has 0 fully saturated rings. The van der Waals surface area contributed by atoms with Crippen molar-refractivity contribution in [3.05, 3.63) is 101 Å². The van der Waals surface area contributed by atoms with E-state index in [1.54, 1.807) is 0 Å². The molecule has 0 heterocycles. The van der Waals surface area contributed by atoms with E-state index in [2.05, 4.69) is 120 Å². The fourth-order valence-electron chi connectivity index (χ4n) is 5.45. The van der Waals surface area contributed by atoms with Gasteiger partial charge in [0.2, 0.25) is 0 Å². The molecule has 0 aliphatic carbocycles. The average molecular weight is 475 g/mol. The van der Waals surface area contributed by atoms with E-state index < -0.39 is 0 Å². The molecule has 0 heteroatoms. The minimum atomic E-state index is 1.06. The van der Waals surface area contributed by atoms with Crippen molar-refractivity contribution in [2.45, 2.75) is 96.4 Å². The average Bonchev–Trinajstić information content (AvgIpc) is 2.84. The second-order valence-corrected chi connectivity index (χ2v) is 10.6. The zero-order chi connectivity index (χ0) is 27.1. The number of rotatable bonds is 1. The lowest BCUT2D eigenvalue weighted by Crippen LogP contribution is -2.03. The maximum Gasteiger partial charge on any atom is 0.0313 e. The summed E-state index contributed by atoms with van der Waals surface area (Å²) in [7, 11) is 0. The van der Waals surface area contributed by atoms with Crippen LogP contribution in [0.25, 0.3) is 0 Å². The molecule has 0 spiro atoms. The van der Waals surface area contributed by atoms with Gasteiger partial charge in [-0.15, -0.1) is 0 Å². The van der Waals surface area contributed by atoms with Gasteiger partial charge in [0.05, 0.1) is 0 Å². The first-order valence-electron chi connectivity index (χ1n) is 13.1. The van der Waals surface area contributed by atoms with Crippen LogP contribution in [0, 0.1) is 107 Å². The molecule has 0 N–H and O–H groups in total. The Balaban J connectivity index is 2.19. The third kappa shape index (κ3) is 4.63. The van der Waals surface area contributed by atoms with Crippen LogP contribution in [0.15, 0.2) is 6.07 Å². The van der Waals surface area contributed by atoms with Crippen molar-refractivity contribution in [3.63, 3.8) is 0 Å². The Hall–Kier alpha value is -3.22. The van der Waals surface area contributed by atoms with Crippen LogP contribution in [-0.2, 0) is 6.42 Å². The molecule has 0 saturated carbocycles. The molecule has 0 radical (unpaired) electrons. The van der Waals surface area contributed by atoms with E-state index >= 15 is 0 Å². The molecule has 36 heavy (non-hydrogen) atoms. The highest BCUT2D eigenvalue weighted by Crippen LogP contribution is 2.29. The molecular formula is C36H42. The SMILES string of the molecule is CCc1c(C)c(C)c(C#Cc2c(C)c(C)c(C#Cc3c(C)c(C)cc(C)c3C)c(C)c2C)c(C)c1C. The Morgan fingerprint density at radius 3 is 0.917 bits per heavy atom. The maximum atomic E-state index is 3.59. The molecule has 0 saturated heterocycles. The van der Waals surface area contributed by atoms with E-state index in [4.69, 9.17) is 0 Å². The lowest BCUT2D eigenvalue weighted by molar-refractivity contribution is 1.05. The first kappa shape index (κ1) is 27.4. The molecule has 0 aromatic heterocycles. The third-order valence-electron chi connectivity index (χ3n) is 8.75. The van der Waals surface area contributed by atoms with Crippen molar-refractivity contribution in [1.29, 1.82) is 0 Å². The zero-order valence-corrected chi connectivity index (χ0v) is 24.8. The summed E-state index contributed by atoms with van der Waals surface area (Å²) in [4.78, 5) is 0. The molecule has 0 bridgehead atoms. The van der Waals surface area contributed by atoms with E-state index in [9.17, 15) is 0 Å². The minimum absolute atomic E-state index is 1.06. The van der Waals surface area contributed by atoms with E-state index in [1.165, 1.54) is 77.9 Å². The molecule has 0 unspecified atom stereocenters. The molecule has 0 aliphatic heterocycles.